The van der Waals surface area contributed by atoms with Crippen molar-refractivity contribution in [1.82, 2.24) is 19.7 Å². The molecule has 1 fully saturated rings. The van der Waals surface area contributed by atoms with E-state index in [4.69, 9.17) is 5.26 Å². The summed E-state index contributed by atoms with van der Waals surface area (Å²) >= 11 is 0. The first-order valence-electron chi connectivity index (χ1n) is 7.18. The molecule has 0 aliphatic heterocycles. The lowest BCUT2D eigenvalue weighted by atomic mass is 10.2. The Morgan fingerprint density at radius 1 is 1.47 bits per heavy atom. The van der Waals surface area contributed by atoms with Gasteiger partial charge in [0.2, 0.25) is 0 Å². The zero-order valence-corrected chi connectivity index (χ0v) is 11.9. The van der Waals surface area contributed by atoms with Gasteiger partial charge in [0.1, 0.15) is 12.2 Å². The Balaban J connectivity index is 2.04. The second-order valence-electron chi connectivity index (χ2n) is 5.75. The Bertz CT molecular complexity index is 425. The molecule has 1 aromatic heterocycles. The predicted molar refractivity (Wildman–Crippen MR) is 73.1 cm³/mol. The van der Waals surface area contributed by atoms with E-state index in [2.05, 4.69) is 34.9 Å². The molecule has 0 aromatic carbocycles. The average molecular weight is 261 g/mol. The minimum Gasteiger partial charge on any atom is -0.280 e. The molecule has 0 unspecified atom stereocenters. The van der Waals surface area contributed by atoms with Crippen molar-refractivity contribution in [2.24, 2.45) is 5.92 Å². The summed E-state index contributed by atoms with van der Waals surface area (Å²) in [6.07, 6.45) is 6.60. The van der Waals surface area contributed by atoms with Crippen LogP contribution in [0.25, 0.3) is 0 Å². The molecular formula is C14H23N5. The summed E-state index contributed by atoms with van der Waals surface area (Å²) in [6.45, 7) is 6.47. The number of rotatable bonds is 6. The van der Waals surface area contributed by atoms with Crippen LogP contribution < -0.4 is 0 Å². The van der Waals surface area contributed by atoms with E-state index < -0.39 is 0 Å². The van der Waals surface area contributed by atoms with Gasteiger partial charge in [0, 0.05) is 12.6 Å². The third-order valence-corrected chi connectivity index (χ3v) is 3.69. The minimum absolute atomic E-state index is 0.485. The van der Waals surface area contributed by atoms with Crippen molar-refractivity contribution in [3.8, 4) is 6.07 Å². The molecular weight excluding hydrogens is 238 g/mol. The van der Waals surface area contributed by atoms with Crippen LogP contribution >= 0.6 is 0 Å². The summed E-state index contributed by atoms with van der Waals surface area (Å²) in [4.78, 5) is 6.62. The number of hydrogen-bond donors (Lipinski definition) is 0. The van der Waals surface area contributed by atoms with Crippen molar-refractivity contribution in [2.75, 3.05) is 6.54 Å². The van der Waals surface area contributed by atoms with Gasteiger partial charge in [0.25, 0.3) is 0 Å². The first-order valence-corrected chi connectivity index (χ1v) is 7.18. The summed E-state index contributed by atoms with van der Waals surface area (Å²) in [5, 5.41) is 13.3. The quantitative estimate of drug-likeness (QED) is 0.737. The van der Waals surface area contributed by atoms with Gasteiger partial charge in [-0.1, -0.05) is 26.7 Å². The maximum absolute atomic E-state index is 9.01. The van der Waals surface area contributed by atoms with Gasteiger partial charge in [0.15, 0.2) is 0 Å². The summed E-state index contributed by atoms with van der Waals surface area (Å²) < 4.78 is 1.98. The highest BCUT2D eigenvalue weighted by Gasteiger charge is 2.23. The molecule has 0 N–H and O–H groups in total. The lowest BCUT2D eigenvalue weighted by Crippen LogP contribution is -2.34. The highest BCUT2D eigenvalue weighted by atomic mass is 15.4. The Kier molecular flexibility index (Phi) is 4.92. The van der Waals surface area contributed by atoms with E-state index in [0.717, 1.165) is 18.9 Å². The molecule has 1 aliphatic rings. The monoisotopic (exact) mass is 261 g/mol. The maximum atomic E-state index is 9.01. The second kappa shape index (κ2) is 6.67. The lowest BCUT2D eigenvalue weighted by molar-refractivity contribution is 0.204. The van der Waals surface area contributed by atoms with Crippen LogP contribution in [-0.2, 0) is 13.1 Å². The van der Waals surface area contributed by atoms with Crippen LogP contribution in [0.3, 0.4) is 0 Å². The summed E-state index contributed by atoms with van der Waals surface area (Å²) in [7, 11) is 0. The zero-order chi connectivity index (χ0) is 13.7. The van der Waals surface area contributed by atoms with Crippen molar-refractivity contribution in [3.63, 3.8) is 0 Å². The molecule has 0 spiro atoms. The van der Waals surface area contributed by atoms with Crippen LogP contribution in [0.1, 0.15) is 45.4 Å². The molecule has 5 nitrogen and oxygen atoms in total. The minimum atomic E-state index is 0.485. The molecule has 1 aromatic rings. The van der Waals surface area contributed by atoms with Crippen LogP contribution in [-0.4, -0.2) is 32.3 Å². The van der Waals surface area contributed by atoms with E-state index >= 15 is 0 Å². The van der Waals surface area contributed by atoms with Crippen LogP contribution in [0, 0.1) is 17.2 Å². The van der Waals surface area contributed by atoms with Gasteiger partial charge in [-0.2, -0.15) is 10.4 Å². The SMILES string of the molecule is CC(C)Cn1ncnc1CN(CC#N)C1CCCC1. The predicted octanol–water partition coefficient (Wildman–Crippen LogP) is 2.20. The fourth-order valence-corrected chi connectivity index (χ4v) is 2.76. The van der Waals surface area contributed by atoms with Crippen LogP contribution in [0.5, 0.6) is 0 Å². The van der Waals surface area contributed by atoms with Crippen molar-refractivity contribution < 1.29 is 0 Å². The summed E-state index contributed by atoms with van der Waals surface area (Å²) in [5.74, 6) is 1.53. The molecule has 0 saturated heterocycles. The smallest absolute Gasteiger partial charge is 0.141 e. The van der Waals surface area contributed by atoms with E-state index in [1.54, 1.807) is 6.33 Å². The van der Waals surface area contributed by atoms with Gasteiger partial charge < -0.3 is 0 Å². The fourth-order valence-electron chi connectivity index (χ4n) is 2.76. The van der Waals surface area contributed by atoms with Gasteiger partial charge in [-0.3, -0.25) is 4.90 Å². The highest BCUT2D eigenvalue weighted by molar-refractivity contribution is 4.91. The van der Waals surface area contributed by atoms with E-state index in [9.17, 15) is 0 Å². The first kappa shape index (κ1) is 14.0. The first-order chi connectivity index (χ1) is 9.20. The maximum Gasteiger partial charge on any atom is 0.141 e. The molecule has 0 amide bonds. The van der Waals surface area contributed by atoms with Gasteiger partial charge in [-0.25, -0.2) is 9.67 Å². The Morgan fingerprint density at radius 3 is 2.84 bits per heavy atom. The van der Waals surface area contributed by atoms with Crippen molar-refractivity contribution in [3.05, 3.63) is 12.2 Å². The Morgan fingerprint density at radius 2 is 2.21 bits per heavy atom. The second-order valence-corrected chi connectivity index (χ2v) is 5.75. The number of nitriles is 1. The lowest BCUT2D eigenvalue weighted by Gasteiger charge is -2.25. The molecule has 19 heavy (non-hydrogen) atoms. The van der Waals surface area contributed by atoms with Crippen molar-refractivity contribution in [2.45, 2.75) is 58.7 Å². The van der Waals surface area contributed by atoms with Crippen LogP contribution in [0.15, 0.2) is 6.33 Å². The van der Waals surface area contributed by atoms with E-state index in [-0.39, 0.29) is 0 Å². The average Bonchev–Trinajstić information content (AvgIpc) is 3.00. The van der Waals surface area contributed by atoms with Gasteiger partial charge >= 0.3 is 0 Å². The molecule has 2 rings (SSSR count). The number of nitrogens with zero attached hydrogens (tertiary/aromatic N) is 5. The largest absolute Gasteiger partial charge is 0.280 e. The van der Waals surface area contributed by atoms with Gasteiger partial charge in [-0.05, 0) is 18.8 Å². The van der Waals surface area contributed by atoms with E-state index in [0.29, 0.717) is 18.5 Å². The molecule has 1 heterocycles. The molecule has 0 radical (unpaired) electrons. The van der Waals surface area contributed by atoms with Crippen molar-refractivity contribution in [1.29, 1.82) is 5.26 Å². The molecule has 104 valence electrons. The molecule has 0 bridgehead atoms. The Hall–Kier alpha value is -1.41. The zero-order valence-electron chi connectivity index (χ0n) is 11.9. The normalized spacial score (nSPS) is 16.4. The number of aromatic nitrogens is 3. The van der Waals surface area contributed by atoms with Crippen LogP contribution in [0.4, 0.5) is 0 Å². The molecule has 1 aliphatic carbocycles. The van der Waals surface area contributed by atoms with Crippen molar-refractivity contribution >= 4 is 0 Å². The van der Waals surface area contributed by atoms with Crippen LogP contribution in [0.2, 0.25) is 0 Å². The van der Waals surface area contributed by atoms with Gasteiger partial charge in [0.05, 0.1) is 19.2 Å². The molecule has 1 saturated carbocycles. The summed E-state index contributed by atoms with van der Waals surface area (Å²) in [6, 6.07) is 2.83. The summed E-state index contributed by atoms with van der Waals surface area (Å²) in [5.41, 5.74) is 0. The van der Waals surface area contributed by atoms with E-state index in [1.165, 1.54) is 25.7 Å². The molecule has 0 atom stereocenters. The third kappa shape index (κ3) is 3.77. The third-order valence-electron chi connectivity index (χ3n) is 3.69. The fraction of sp³-hybridized carbons (Fsp3) is 0.786. The number of hydrogen-bond acceptors (Lipinski definition) is 4. The topological polar surface area (TPSA) is 57.7 Å². The standard InChI is InChI=1S/C14H23N5/c1-12(2)9-19-14(16-11-17-19)10-18(8-7-15)13-5-3-4-6-13/h11-13H,3-6,8-10H2,1-2H3. The molecule has 5 heteroatoms. The highest BCUT2D eigenvalue weighted by Crippen LogP contribution is 2.24. The van der Waals surface area contributed by atoms with Gasteiger partial charge in [-0.15, -0.1) is 0 Å². The Labute approximate surface area is 115 Å². The van der Waals surface area contributed by atoms with E-state index in [1.807, 2.05) is 4.68 Å².